The largest absolute Gasteiger partial charge is 0.370 e. The van der Waals surface area contributed by atoms with Gasteiger partial charge >= 0.3 is 0 Å². The van der Waals surface area contributed by atoms with Crippen LogP contribution in [0.2, 0.25) is 0 Å². The topological polar surface area (TPSA) is 75.6 Å². The number of ether oxygens (including phenoxy) is 1. The molecule has 3 rings (SSSR count). The van der Waals surface area contributed by atoms with Crippen LogP contribution in [-0.2, 0) is 14.8 Å². The van der Waals surface area contributed by atoms with Gasteiger partial charge in [0.05, 0.1) is 36.9 Å². The zero-order valence-corrected chi connectivity index (χ0v) is 14.6. The second kappa shape index (κ2) is 6.89. The third kappa shape index (κ3) is 3.68. The molecule has 1 unspecified atom stereocenters. The highest BCUT2D eigenvalue weighted by atomic mass is 32.2. The number of sulfonamides is 1. The molecule has 2 saturated heterocycles. The Bertz CT molecular complexity index is 666. The number of morpholine rings is 1. The molecule has 0 aromatic carbocycles. The van der Waals surface area contributed by atoms with E-state index >= 15 is 0 Å². The summed E-state index contributed by atoms with van der Waals surface area (Å²) >= 11 is 0. The average molecular weight is 358 g/mol. The van der Waals surface area contributed by atoms with Crippen molar-refractivity contribution in [3.63, 3.8) is 0 Å². The van der Waals surface area contributed by atoms with Crippen LogP contribution in [0.15, 0.2) is 12.4 Å². The van der Waals surface area contributed by atoms with E-state index in [0.29, 0.717) is 38.6 Å². The van der Waals surface area contributed by atoms with E-state index in [9.17, 15) is 12.8 Å². The first-order chi connectivity index (χ1) is 11.4. The summed E-state index contributed by atoms with van der Waals surface area (Å²) in [6.45, 7) is 4.27. The fraction of sp³-hybridized carbons (Fsp3) is 0.733. The van der Waals surface area contributed by atoms with E-state index in [1.54, 1.807) is 4.31 Å². The van der Waals surface area contributed by atoms with Crippen molar-refractivity contribution in [2.75, 3.05) is 43.4 Å². The smallest absolute Gasteiger partial charge is 0.225 e. The summed E-state index contributed by atoms with van der Waals surface area (Å²) in [7, 11) is -3.24. The summed E-state index contributed by atoms with van der Waals surface area (Å²) in [5.74, 6) is 0.136. The Morgan fingerprint density at radius 3 is 2.75 bits per heavy atom. The molecule has 0 aliphatic carbocycles. The van der Waals surface area contributed by atoms with Gasteiger partial charge < -0.3 is 9.64 Å². The van der Waals surface area contributed by atoms with Crippen LogP contribution in [0.4, 0.5) is 10.3 Å². The lowest BCUT2D eigenvalue weighted by atomic mass is 9.91. The predicted molar refractivity (Wildman–Crippen MR) is 87.8 cm³/mol. The summed E-state index contributed by atoms with van der Waals surface area (Å²) < 4.78 is 45.4. The number of aromatic nitrogens is 2. The summed E-state index contributed by atoms with van der Waals surface area (Å²) in [4.78, 5) is 10.0. The number of hydrogen-bond donors (Lipinski definition) is 0. The van der Waals surface area contributed by atoms with Crippen LogP contribution in [-0.4, -0.2) is 66.8 Å². The Kier molecular flexibility index (Phi) is 5.03. The van der Waals surface area contributed by atoms with Crippen LogP contribution in [0.25, 0.3) is 0 Å². The van der Waals surface area contributed by atoms with Crippen LogP contribution in [0.3, 0.4) is 0 Å². The molecule has 1 atom stereocenters. The molecular formula is C15H23FN4O3S. The van der Waals surface area contributed by atoms with E-state index < -0.39 is 21.4 Å². The van der Waals surface area contributed by atoms with Gasteiger partial charge in [-0.1, -0.05) is 6.92 Å². The number of anilines is 1. The van der Waals surface area contributed by atoms with Gasteiger partial charge in [0.1, 0.15) is 0 Å². The molecule has 0 N–H and O–H groups in total. The number of nitrogens with zero attached hydrogens (tertiary/aromatic N) is 4. The van der Waals surface area contributed by atoms with Crippen molar-refractivity contribution in [3.8, 4) is 0 Å². The Morgan fingerprint density at radius 2 is 2.04 bits per heavy atom. The normalized spacial score (nSPS) is 26.0. The van der Waals surface area contributed by atoms with Gasteiger partial charge in [0.15, 0.2) is 5.82 Å². The molecule has 2 fully saturated rings. The van der Waals surface area contributed by atoms with Crippen LogP contribution in [0.1, 0.15) is 26.2 Å². The third-order valence-corrected chi connectivity index (χ3v) is 6.52. The highest BCUT2D eigenvalue weighted by Crippen LogP contribution is 2.31. The molecule has 2 aliphatic rings. The monoisotopic (exact) mass is 358 g/mol. The Balaban J connectivity index is 1.76. The lowest BCUT2D eigenvalue weighted by Crippen LogP contribution is -2.61. The summed E-state index contributed by atoms with van der Waals surface area (Å²) in [6, 6.07) is 0. The zero-order chi connectivity index (χ0) is 17.2. The Morgan fingerprint density at radius 1 is 1.29 bits per heavy atom. The van der Waals surface area contributed by atoms with Crippen molar-refractivity contribution >= 4 is 16.0 Å². The molecule has 9 heteroatoms. The fourth-order valence-corrected chi connectivity index (χ4v) is 4.98. The molecule has 0 bridgehead atoms. The molecule has 1 aromatic rings. The van der Waals surface area contributed by atoms with Gasteiger partial charge in [-0.05, 0) is 19.3 Å². The minimum atomic E-state index is -3.24. The van der Waals surface area contributed by atoms with E-state index in [1.165, 1.54) is 0 Å². The van der Waals surface area contributed by atoms with Crippen LogP contribution >= 0.6 is 0 Å². The van der Waals surface area contributed by atoms with Gasteiger partial charge in [-0.25, -0.2) is 22.8 Å². The first-order valence-electron chi connectivity index (χ1n) is 8.28. The van der Waals surface area contributed by atoms with E-state index in [4.69, 9.17) is 4.74 Å². The van der Waals surface area contributed by atoms with E-state index in [2.05, 4.69) is 9.97 Å². The summed E-state index contributed by atoms with van der Waals surface area (Å²) in [6.07, 6.45) is 4.53. The van der Waals surface area contributed by atoms with Gasteiger partial charge in [-0.15, -0.1) is 0 Å². The zero-order valence-electron chi connectivity index (χ0n) is 13.8. The minimum Gasteiger partial charge on any atom is -0.370 e. The van der Waals surface area contributed by atoms with Gasteiger partial charge in [0, 0.05) is 19.6 Å². The van der Waals surface area contributed by atoms with Crippen LogP contribution in [0.5, 0.6) is 0 Å². The molecule has 1 spiro atoms. The maximum atomic E-state index is 13.0. The van der Waals surface area contributed by atoms with Gasteiger partial charge in [0.2, 0.25) is 16.0 Å². The molecule has 2 aliphatic heterocycles. The molecule has 0 radical (unpaired) electrons. The molecule has 7 nitrogen and oxygen atoms in total. The van der Waals surface area contributed by atoms with Gasteiger partial charge in [0.25, 0.3) is 0 Å². The van der Waals surface area contributed by atoms with Gasteiger partial charge in [-0.2, -0.15) is 4.31 Å². The quantitative estimate of drug-likeness (QED) is 0.800. The third-order valence-electron chi connectivity index (χ3n) is 4.50. The summed E-state index contributed by atoms with van der Waals surface area (Å²) in [5.41, 5.74) is -0.547. The number of rotatable bonds is 4. The van der Waals surface area contributed by atoms with Crippen molar-refractivity contribution in [1.82, 2.24) is 14.3 Å². The maximum Gasteiger partial charge on any atom is 0.225 e. The van der Waals surface area contributed by atoms with Gasteiger partial charge in [-0.3, -0.25) is 0 Å². The average Bonchev–Trinajstić information content (AvgIpc) is 2.55. The van der Waals surface area contributed by atoms with E-state index in [1.807, 2.05) is 11.8 Å². The van der Waals surface area contributed by atoms with Crippen molar-refractivity contribution in [2.45, 2.75) is 31.8 Å². The molecule has 1 aromatic heterocycles. The molecule has 24 heavy (non-hydrogen) atoms. The highest BCUT2D eigenvalue weighted by molar-refractivity contribution is 7.89. The first kappa shape index (κ1) is 17.5. The van der Waals surface area contributed by atoms with Crippen molar-refractivity contribution in [3.05, 3.63) is 18.2 Å². The molecular weight excluding hydrogens is 335 g/mol. The van der Waals surface area contributed by atoms with Crippen molar-refractivity contribution < 1.29 is 17.5 Å². The second-order valence-electron chi connectivity index (χ2n) is 6.41. The highest BCUT2D eigenvalue weighted by Gasteiger charge is 2.43. The molecule has 0 amide bonds. The molecule has 0 saturated carbocycles. The number of hydrogen-bond acceptors (Lipinski definition) is 6. The SMILES string of the molecule is CCCS(=O)(=O)N1CCOC2(CCCN(c3ncc(F)cn3)C2)C1. The van der Waals surface area contributed by atoms with Crippen molar-refractivity contribution in [2.24, 2.45) is 0 Å². The molecule has 134 valence electrons. The first-order valence-corrected chi connectivity index (χ1v) is 9.89. The number of halogens is 1. The molecule has 3 heterocycles. The minimum absolute atomic E-state index is 0.161. The van der Waals surface area contributed by atoms with E-state index in [0.717, 1.165) is 31.8 Å². The Hall–Kier alpha value is -1.32. The van der Waals surface area contributed by atoms with E-state index in [-0.39, 0.29) is 5.75 Å². The lowest BCUT2D eigenvalue weighted by molar-refractivity contribution is -0.0951. The summed E-state index contributed by atoms with van der Waals surface area (Å²) in [5, 5.41) is 0. The number of piperidine rings is 1. The second-order valence-corrected chi connectivity index (χ2v) is 8.50. The fourth-order valence-electron chi connectivity index (χ4n) is 3.42. The Labute approximate surface area is 141 Å². The lowest BCUT2D eigenvalue weighted by Gasteiger charge is -2.47. The van der Waals surface area contributed by atoms with Crippen LogP contribution < -0.4 is 4.90 Å². The van der Waals surface area contributed by atoms with Crippen molar-refractivity contribution in [1.29, 1.82) is 0 Å². The maximum absolute atomic E-state index is 13.0. The standard InChI is InChI=1S/C15H23FN4O3S/c1-2-8-24(21,22)20-6-7-23-15(12-20)4-3-5-19(11-15)14-17-9-13(16)10-18-14/h9-10H,2-8,11-12H2,1H3. The predicted octanol–water partition coefficient (Wildman–Crippen LogP) is 1.03. The van der Waals surface area contributed by atoms with Crippen LogP contribution in [0, 0.1) is 5.82 Å².